The molecule has 6 nitrogen and oxygen atoms in total. The van der Waals surface area contributed by atoms with E-state index in [4.69, 9.17) is 14.5 Å². The van der Waals surface area contributed by atoms with E-state index in [1.54, 1.807) is 26.0 Å². The molecule has 2 aromatic carbocycles. The Kier molecular flexibility index (Phi) is 5.72. The number of thioether (sulfide) groups is 1. The van der Waals surface area contributed by atoms with E-state index in [9.17, 15) is 0 Å². The fraction of sp³-hybridized carbons (Fsp3) is 0.304. The van der Waals surface area contributed by atoms with Crippen LogP contribution in [0.4, 0.5) is 5.95 Å². The summed E-state index contributed by atoms with van der Waals surface area (Å²) in [7, 11) is 3.33. The summed E-state index contributed by atoms with van der Waals surface area (Å²) in [6, 6.07) is 12.6. The molecule has 1 unspecified atom stereocenters. The normalized spacial score (nSPS) is 15.6. The molecule has 7 heteroatoms. The molecule has 0 spiro atoms. The van der Waals surface area contributed by atoms with Crippen LogP contribution in [0.2, 0.25) is 0 Å². The number of ether oxygens (including phenoxy) is 2. The zero-order valence-electron chi connectivity index (χ0n) is 17.9. The predicted octanol–water partition coefficient (Wildman–Crippen LogP) is 5.21. The number of benzene rings is 2. The molecule has 1 aliphatic rings. The van der Waals surface area contributed by atoms with E-state index in [0.717, 1.165) is 39.4 Å². The first-order valence-electron chi connectivity index (χ1n) is 9.91. The van der Waals surface area contributed by atoms with Gasteiger partial charge in [0.25, 0.3) is 0 Å². The van der Waals surface area contributed by atoms with Crippen molar-refractivity contribution < 1.29 is 9.47 Å². The fourth-order valence-electron chi connectivity index (χ4n) is 3.82. The van der Waals surface area contributed by atoms with Crippen molar-refractivity contribution in [1.82, 2.24) is 15.2 Å². The Morgan fingerprint density at radius 2 is 1.77 bits per heavy atom. The number of aromatic nitrogens is 3. The van der Waals surface area contributed by atoms with Crippen LogP contribution in [0.25, 0.3) is 6.08 Å². The van der Waals surface area contributed by atoms with Crippen LogP contribution >= 0.6 is 11.8 Å². The number of methoxy groups -OCH3 is 2. The highest BCUT2D eigenvalue weighted by Gasteiger charge is 2.32. The molecule has 30 heavy (non-hydrogen) atoms. The van der Waals surface area contributed by atoms with Crippen LogP contribution in [0.1, 0.15) is 42.1 Å². The number of nitrogens with one attached hydrogen (secondary N) is 1. The first-order valence-corrected chi connectivity index (χ1v) is 10.9. The third-order valence-electron chi connectivity index (χ3n) is 5.23. The summed E-state index contributed by atoms with van der Waals surface area (Å²) in [5.74, 6) is 3.08. The number of hydrogen-bond donors (Lipinski definition) is 1. The lowest BCUT2D eigenvalue weighted by atomic mass is 9.88. The predicted molar refractivity (Wildman–Crippen MR) is 121 cm³/mol. The molecule has 0 radical (unpaired) electrons. The smallest absolute Gasteiger partial charge is 0.227 e. The number of rotatable bonds is 6. The molecule has 0 fully saturated rings. The van der Waals surface area contributed by atoms with E-state index in [2.05, 4.69) is 72.3 Å². The minimum atomic E-state index is -0.0715. The molecule has 3 aromatic rings. The summed E-state index contributed by atoms with van der Waals surface area (Å²) >= 11 is 1.62. The molecular weight excluding hydrogens is 396 g/mol. The number of fused-ring (bicyclic) bond motifs is 1. The third-order valence-corrected chi connectivity index (χ3v) is 5.96. The monoisotopic (exact) mass is 422 g/mol. The molecule has 1 atom stereocenters. The van der Waals surface area contributed by atoms with E-state index in [0.29, 0.717) is 5.75 Å². The second-order valence-corrected chi connectivity index (χ2v) is 8.41. The van der Waals surface area contributed by atoms with Crippen molar-refractivity contribution in [2.45, 2.75) is 32.0 Å². The first kappa shape index (κ1) is 20.3. The Morgan fingerprint density at radius 3 is 2.43 bits per heavy atom. The molecule has 0 amide bonds. The number of aromatic amines is 1. The minimum absolute atomic E-state index is 0.0715. The summed E-state index contributed by atoms with van der Waals surface area (Å²) in [6.07, 6.45) is 2.15. The van der Waals surface area contributed by atoms with E-state index >= 15 is 0 Å². The van der Waals surface area contributed by atoms with Gasteiger partial charge in [0.2, 0.25) is 11.1 Å². The molecule has 1 N–H and O–H groups in total. The Morgan fingerprint density at radius 1 is 1.07 bits per heavy atom. The molecule has 0 bridgehead atoms. The number of nitrogens with zero attached hydrogens (tertiary/aromatic N) is 3. The van der Waals surface area contributed by atoms with Crippen LogP contribution in [0.15, 0.2) is 47.3 Å². The largest absolute Gasteiger partial charge is 0.493 e. The van der Waals surface area contributed by atoms with E-state index < -0.39 is 0 Å². The van der Waals surface area contributed by atoms with Gasteiger partial charge in [0.05, 0.1) is 20.3 Å². The van der Waals surface area contributed by atoms with Crippen molar-refractivity contribution in [2.75, 3.05) is 24.9 Å². The number of H-pyrrole nitrogens is 1. The lowest BCUT2D eigenvalue weighted by molar-refractivity contribution is 0.354. The lowest BCUT2D eigenvalue weighted by Crippen LogP contribution is -2.32. The van der Waals surface area contributed by atoms with Gasteiger partial charge < -0.3 is 14.4 Å². The zero-order valence-corrected chi connectivity index (χ0v) is 18.7. The third kappa shape index (κ3) is 3.65. The summed E-state index contributed by atoms with van der Waals surface area (Å²) in [5, 5.41) is 8.27. The van der Waals surface area contributed by atoms with Gasteiger partial charge in [-0.15, -0.1) is 5.10 Å². The number of hydrogen-bond acceptors (Lipinski definition) is 6. The van der Waals surface area contributed by atoms with Gasteiger partial charge in [-0.3, -0.25) is 0 Å². The van der Waals surface area contributed by atoms with Gasteiger partial charge in [-0.05, 0) is 54.5 Å². The Labute approximate surface area is 181 Å². The molecule has 156 valence electrons. The average molecular weight is 423 g/mol. The number of aryl methyl sites for hydroxylation is 1. The van der Waals surface area contributed by atoms with Crippen molar-refractivity contribution in [3.63, 3.8) is 0 Å². The molecule has 0 saturated carbocycles. The van der Waals surface area contributed by atoms with Crippen LogP contribution in [-0.4, -0.2) is 35.2 Å². The maximum Gasteiger partial charge on any atom is 0.227 e. The van der Waals surface area contributed by atoms with Crippen LogP contribution in [0, 0.1) is 6.92 Å². The van der Waals surface area contributed by atoms with Gasteiger partial charge in [0.15, 0.2) is 11.5 Å². The zero-order chi connectivity index (χ0) is 21.3. The van der Waals surface area contributed by atoms with Crippen LogP contribution in [-0.2, 0) is 0 Å². The highest BCUT2D eigenvalue weighted by molar-refractivity contribution is 7.99. The van der Waals surface area contributed by atoms with Crippen molar-refractivity contribution in [2.24, 2.45) is 0 Å². The van der Waals surface area contributed by atoms with Gasteiger partial charge >= 0.3 is 0 Å². The van der Waals surface area contributed by atoms with Crippen LogP contribution in [0.5, 0.6) is 11.5 Å². The lowest BCUT2D eigenvalue weighted by Gasteiger charge is -2.37. The summed E-state index contributed by atoms with van der Waals surface area (Å²) in [4.78, 5) is 6.94. The van der Waals surface area contributed by atoms with Crippen LogP contribution < -0.4 is 14.4 Å². The van der Waals surface area contributed by atoms with Gasteiger partial charge in [0, 0.05) is 5.70 Å². The standard InChI is InChI=1S/C23H26N4O2S/c1-6-30-23-24-22(25-26-23)27-15(3)11-17-12-19(28-4)20(29-5)13-18(17)21(27)16-9-7-14(2)8-10-16/h7-13,21H,6H2,1-5H3,(H,24,25,26). The van der Waals surface area contributed by atoms with Gasteiger partial charge in [0.1, 0.15) is 0 Å². The minimum Gasteiger partial charge on any atom is -0.493 e. The highest BCUT2D eigenvalue weighted by atomic mass is 32.2. The average Bonchev–Trinajstić information content (AvgIpc) is 3.21. The molecule has 4 rings (SSSR count). The maximum atomic E-state index is 5.61. The summed E-state index contributed by atoms with van der Waals surface area (Å²) in [6.45, 7) is 6.29. The van der Waals surface area contributed by atoms with Crippen molar-refractivity contribution >= 4 is 23.8 Å². The number of allylic oxidation sites excluding steroid dienone is 1. The Bertz CT molecular complexity index is 1080. The maximum absolute atomic E-state index is 5.61. The molecular formula is C23H26N4O2S. The summed E-state index contributed by atoms with van der Waals surface area (Å²) < 4.78 is 11.1. The second-order valence-electron chi connectivity index (χ2n) is 7.18. The van der Waals surface area contributed by atoms with Crippen molar-refractivity contribution in [3.8, 4) is 11.5 Å². The molecule has 2 heterocycles. The molecule has 0 saturated heterocycles. The van der Waals surface area contributed by atoms with Gasteiger partial charge in [-0.1, -0.05) is 48.5 Å². The molecule has 1 aromatic heterocycles. The SMILES string of the molecule is CCSc1n[nH]c(N2C(C)=Cc3cc(OC)c(OC)cc3C2c2ccc(C)cc2)n1. The van der Waals surface area contributed by atoms with E-state index in [1.165, 1.54) is 11.1 Å². The number of anilines is 1. The van der Waals surface area contributed by atoms with Gasteiger partial charge in [-0.2, -0.15) is 4.98 Å². The molecule has 0 aliphatic carbocycles. The Balaban J connectivity index is 1.91. The first-order chi connectivity index (χ1) is 14.5. The second kappa shape index (κ2) is 8.44. The van der Waals surface area contributed by atoms with Gasteiger partial charge in [-0.25, -0.2) is 5.10 Å². The van der Waals surface area contributed by atoms with Crippen LogP contribution in [0.3, 0.4) is 0 Å². The van der Waals surface area contributed by atoms with Crippen molar-refractivity contribution in [3.05, 3.63) is 64.3 Å². The molecule has 1 aliphatic heterocycles. The summed E-state index contributed by atoms with van der Waals surface area (Å²) in [5.41, 5.74) is 5.70. The topological polar surface area (TPSA) is 63.3 Å². The Hall–Kier alpha value is -2.93. The van der Waals surface area contributed by atoms with E-state index in [1.807, 2.05) is 6.07 Å². The van der Waals surface area contributed by atoms with Crippen molar-refractivity contribution in [1.29, 1.82) is 0 Å². The van der Waals surface area contributed by atoms with E-state index in [-0.39, 0.29) is 6.04 Å². The highest BCUT2D eigenvalue weighted by Crippen LogP contribution is 2.44. The quantitative estimate of drug-likeness (QED) is 0.550. The fourth-order valence-corrected chi connectivity index (χ4v) is 4.34.